The van der Waals surface area contributed by atoms with Crippen molar-refractivity contribution >= 4 is 23.7 Å². The van der Waals surface area contributed by atoms with Crippen molar-refractivity contribution < 1.29 is 34.5 Å². The fraction of sp³-hybridized carbons (Fsp3) is 0.800. The molecule has 0 aliphatic carbocycles. The van der Waals surface area contributed by atoms with Crippen LogP contribution in [0.5, 0.6) is 0 Å². The van der Waals surface area contributed by atoms with Gasteiger partial charge in [0.05, 0.1) is 18.2 Å². The topological polar surface area (TPSA) is 191 Å². The van der Waals surface area contributed by atoms with Gasteiger partial charge in [0.1, 0.15) is 12.1 Å². The maximum atomic E-state index is 12.8. The highest BCUT2D eigenvalue weighted by molar-refractivity contribution is 5.94. The molecule has 0 rings (SSSR count). The van der Waals surface area contributed by atoms with Gasteiger partial charge in [0.15, 0.2) is 6.04 Å². The van der Waals surface area contributed by atoms with Gasteiger partial charge in [0.25, 0.3) is 0 Å². The summed E-state index contributed by atoms with van der Waals surface area (Å²) in [7, 11) is 0. The van der Waals surface area contributed by atoms with Gasteiger partial charge in [-0.15, -0.1) is 0 Å². The van der Waals surface area contributed by atoms with E-state index in [-0.39, 0.29) is 18.3 Å². The largest absolute Gasteiger partial charge is 0.480 e. The van der Waals surface area contributed by atoms with Crippen molar-refractivity contribution in [3.05, 3.63) is 0 Å². The zero-order valence-electron chi connectivity index (χ0n) is 19.1. The normalized spacial score (nSPS) is 17.3. The summed E-state index contributed by atoms with van der Waals surface area (Å²) in [5.41, 5.74) is 5.88. The number of nitrogens with two attached hydrogens (primary N) is 1. The Balaban J connectivity index is 5.41. The second-order valence-electron chi connectivity index (χ2n) is 8.72. The molecule has 8 N–H and O–H groups in total. The van der Waals surface area contributed by atoms with Crippen LogP contribution < -0.4 is 21.7 Å². The Morgan fingerprint density at radius 3 is 1.55 bits per heavy atom. The summed E-state index contributed by atoms with van der Waals surface area (Å²) in [5, 5.41) is 35.6. The van der Waals surface area contributed by atoms with Gasteiger partial charge in [-0.2, -0.15) is 0 Å². The first-order valence-electron chi connectivity index (χ1n) is 10.4. The van der Waals surface area contributed by atoms with Gasteiger partial charge in [-0.1, -0.05) is 27.7 Å². The van der Waals surface area contributed by atoms with Crippen LogP contribution in [0.15, 0.2) is 0 Å². The number of hydrogen-bond donors (Lipinski definition) is 7. The standard InChI is InChI=1S/C20H38N4O7/c1-9(2)7-13(21)17(27)22-14(8-10(3)4)18(28)23-15(11(5)25)19(29)24-16(12(6)26)20(30)31/h9-16,25-26H,7-8,21H2,1-6H3,(H,22,27)(H,23,28)(H,24,29)(H,30,31). The van der Waals surface area contributed by atoms with Gasteiger partial charge >= 0.3 is 5.97 Å². The number of aliphatic hydroxyl groups is 2. The molecular formula is C20H38N4O7. The number of amides is 3. The summed E-state index contributed by atoms with van der Waals surface area (Å²) in [6.45, 7) is 9.95. The highest BCUT2D eigenvalue weighted by Crippen LogP contribution is 2.09. The fourth-order valence-electron chi connectivity index (χ4n) is 2.89. The van der Waals surface area contributed by atoms with Crippen molar-refractivity contribution in [1.29, 1.82) is 0 Å². The van der Waals surface area contributed by atoms with Gasteiger partial charge < -0.3 is 37.0 Å². The highest BCUT2D eigenvalue weighted by atomic mass is 16.4. The number of rotatable bonds is 13. The summed E-state index contributed by atoms with van der Waals surface area (Å²) in [5.74, 6) is -3.48. The summed E-state index contributed by atoms with van der Waals surface area (Å²) in [6, 6.07) is -4.93. The SMILES string of the molecule is CC(C)CC(N)C(=O)NC(CC(C)C)C(=O)NC(C(=O)NC(C(=O)O)C(C)O)C(C)O. The number of aliphatic hydroxyl groups excluding tert-OH is 2. The maximum Gasteiger partial charge on any atom is 0.328 e. The van der Waals surface area contributed by atoms with Crippen molar-refractivity contribution in [3.63, 3.8) is 0 Å². The smallest absolute Gasteiger partial charge is 0.328 e. The Morgan fingerprint density at radius 2 is 1.16 bits per heavy atom. The van der Waals surface area contributed by atoms with Gasteiger partial charge in [0, 0.05) is 0 Å². The predicted molar refractivity (Wildman–Crippen MR) is 114 cm³/mol. The third-order valence-corrected chi connectivity index (χ3v) is 4.51. The van der Waals surface area contributed by atoms with Crippen molar-refractivity contribution in [2.45, 2.75) is 90.8 Å². The van der Waals surface area contributed by atoms with E-state index in [4.69, 9.17) is 10.8 Å². The van der Waals surface area contributed by atoms with Crippen LogP contribution in [0.3, 0.4) is 0 Å². The summed E-state index contributed by atoms with van der Waals surface area (Å²) in [6.07, 6.45) is -2.09. The van der Waals surface area contributed by atoms with E-state index in [2.05, 4.69) is 16.0 Å². The molecule has 11 heteroatoms. The number of carboxylic acids is 1. The van der Waals surface area contributed by atoms with Crippen LogP contribution in [0.2, 0.25) is 0 Å². The zero-order valence-corrected chi connectivity index (χ0v) is 19.1. The van der Waals surface area contributed by atoms with E-state index in [0.29, 0.717) is 6.42 Å². The molecule has 180 valence electrons. The van der Waals surface area contributed by atoms with Crippen LogP contribution >= 0.6 is 0 Å². The number of hydrogen-bond acceptors (Lipinski definition) is 7. The molecule has 0 saturated carbocycles. The predicted octanol–water partition coefficient (Wildman–Crippen LogP) is -1.29. The van der Waals surface area contributed by atoms with E-state index in [1.54, 1.807) is 0 Å². The minimum absolute atomic E-state index is 0.0165. The van der Waals surface area contributed by atoms with Crippen LogP contribution in [0.4, 0.5) is 0 Å². The minimum atomic E-state index is -1.62. The second kappa shape index (κ2) is 13.2. The molecule has 6 unspecified atom stereocenters. The Bertz CT molecular complexity index is 623. The molecule has 0 aromatic heterocycles. The van der Waals surface area contributed by atoms with Gasteiger partial charge in [0.2, 0.25) is 17.7 Å². The molecule has 0 aromatic rings. The van der Waals surface area contributed by atoms with E-state index in [0.717, 1.165) is 0 Å². The zero-order chi connectivity index (χ0) is 24.5. The first kappa shape index (κ1) is 28.8. The molecule has 3 amide bonds. The van der Waals surface area contributed by atoms with Crippen molar-refractivity contribution in [2.75, 3.05) is 0 Å². The number of nitrogens with one attached hydrogen (secondary N) is 3. The lowest BCUT2D eigenvalue weighted by Gasteiger charge is -2.27. The fourth-order valence-corrected chi connectivity index (χ4v) is 2.89. The molecule has 0 saturated heterocycles. The summed E-state index contributed by atoms with van der Waals surface area (Å²) < 4.78 is 0. The van der Waals surface area contributed by atoms with E-state index in [1.807, 2.05) is 27.7 Å². The third-order valence-electron chi connectivity index (χ3n) is 4.51. The molecule has 31 heavy (non-hydrogen) atoms. The molecule has 0 spiro atoms. The Kier molecular flexibility index (Phi) is 12.3. The lowest BCUT2D eigenvalue weighted by atomic mass is 10.00. The number of carboxylic acid groups (broad SMARTS) is 1. The van der Waals surface area contributed by atoms with Crippen LogP contribution in [-0.4, -0.2) is 75.4 Å². The molecule has 0 aromatic carbocycles. The summed E-state index contributed by atoms with van der Waals surface area (Å²) in [4.78, 5) is 48.9. The van der Waals surface area contributed by atoms with Gasteiger partial charge in [-0.25, -0.2) is 4.79 Å². The molecule has 6 atom stereocenters. The average Bonchev–Trinajstić information content (AvgIpc) is 2.61. The minimum Gasteiger partial charge on any atom is -0.480 e. The molecule has 0 fully saturated rings. The number of carbonyl (C=O) groups is 4. The Morgan fingerprint density at radius 1 is 0.710 bits per heavy atom. The summed E-state index contributed by atoms with van der Waals surface area (Å²) >= 11 is 0. The first-order chi connectivity index (χ1) is 14.2. The molecule has 0 aliphatic heterocycles. The quantitative estimate of drug-likeness (QED) is 0.182. The van der Waals surface area contributed by atoms with E-state index >= 15 is 0 Å². The Labute approximate surface area is 183 Å². The monoisotopic (exact) mass is 446 g/mol. The van der Waals surface area contributed by atoms with Crippen molar-refractivity contribution in [2.24, 2.45) is 17.6 Å². The highest BCUT2D eigenvalue weighted by Gasteiger charge is 2.34. The first-order valence-corrected chi connectivity index (χ1v) is 10.4. The number of carbonyl (C=O) groups excluding carboxylic acids is 3. The van der Waals surface area contributed by atoms with Crippen molar-refractivity contribution in [1.82, 2.24) is 16.0 Å². The van der Waals surface area contributed by atoms with E-state index in [9.17, 15) is 29.4 Å². The molecule has 0 heterocycles. The van der Waals surface area contributed by atoms with Crippen LogP contribution in [0.1, 0.15) is 54.4 Å². The second-order valence-corrected chi connectivity index (χ2v) is 8.72. The van der Waals surface area contributed by atoms with Gasteiger partial charge in [-0.05, 0) is 38.5 Å². The average molecular weight is 447 g/mol. The lowest BCUT2D eigenvalue weighted by Crippen LogP contribution is -2.61. The van der Waals surface area contributed by atoms with E-state index in [1.165, 1.54) is 13.8 Å². The molecular weight excluding hydrogens is 408 g/mol. The van der Waals surface area contributed by atoms with Crippen LogP contribution in [0.25, 0.3) is 0 Å². The van der Waals surface area contributed by atoms with Crippen molar-refractivity contribution in [3.8, 4) is 0 Å². The third kappa shape index (κ3) is 10.6. The molecule has 11 nitrogen and oxygen atoms in total. The number of aliphatic carboxylic acids is 1. The van der Waals surface area contributed by atoms with Crippen LogP contribution in [0, 0.1) is 11.8 Å². The van der Waals surface area contributed by atoms with Gasteiger partial charge in [-0.3, -0.25) is 14.4 Å². The molecule has 0 radical (unpaired) electrons. The lowest BCUT2D eigenvalue weighted by molar-refractivity contribution is -0.146. The molecule has 0 aliphatic rings. The molecule has 0 bridgehead atoms. The Hall–Kier alpha value is -2.24. The maximum absolute atomic E-state index is 12.8. The van der Waals surface area contributed by atoms with E-state index < -0.39 is 60.1 Å². The van der Waals surface area contributed by atoms with Crippen LogP contribution in [-0.2, 0) is 19.2 Å².